The SMILES string of the molecule is c1ccc(-c2ccc(-c3cccc(-n4c5ccccc5c5cc6c(cc54)c4ccccc4n6-c4cccc(-c5ccc6sc7ccccc7c6c5)c4)c3)cc2)cc1. The molecule has 0 saturated carbocycles. The van der Waals surface area contributed by atoms with E-state index in [0.29, 0.717) is 0 Å². The van der Waals surface area contributed by atoms with Crippen molar-refractivity contribution in [3.8, 4) is 44.8 Å². The molecule has 0 saturated heterocycles. The molecule has 0 radical (unpaired) electrons. The molecule has 0 aliphatic carbocycles. The predicted octanol–water partition coefficient (Wildman–Crippen LogP) is 15.2. The van der Waals surface area contributed by atoms with Crippen LogP contribution in [0.4, 0.5) is 0 Å². The average molecular weight is 743 g/mol. The van der Waals surface area contributed by atoms with E-state index in [-0.39, 0.29) is 0 Å². The van der Waals surface area contributed by atoms with Crippen molar-refractivity contribution in [3.05, 3.63) is 206 Å². The molecule has 0 aliphatic heterocycles. The van der Waals surface area contributed by atoms with Gasteiger partial charge in [-0.1, -0.05) is 140 Å². The molecule has 0 fully saturated rings. The second-order valence-corrected chi connectivity index (χ2v) is 16.0. The summed E-state index contributed by atoms with van der Waals surface area (Å²) >= 11 is 1.86. The lowest BCUT2D eigenvalue weighted by atomic mass is 10.00. The zero-order valence-electron chi connectivity index (χ0n) is 30.9. The Kier molecular flexibility index (Phi) is 7.13. The van der Waals surface area contributed by atoms with Crippen LogP contribution < -0.4 is 0 Å². The summed E-state index contributed by atoms with van der Waals surface area (Å²) in [6.45, 7) is 0. The van der Waals surface area contributed by atoms with Crippen LogP contribution in [0, 0.1) is 0 Å². The number of para-hydroxylation sites is 2. The highest BCUT2D eigenvalue weighted by atomic mass is 32.1. The van der Waals surface area contributed by atoms with Crippen LogP contribution in [0.2, 0.25) is 0 Å². The quantitative estimate of drug-likeness (QED) is 0.166. The molecule has 0 aliphatic rings. The molecule has 9 aromatic carbocycles. The standard InChI is InChI=1S/C54H34N2S/c1-2-12-35(13-3-1)36-24-26-37(27-25-36)38-14-10-16-41(30-38)55-49-21-7-4-18-43(49)46-34-52-47(33-51(46)55)44-19-5-8-22-50(44)56(52)42-17-11-15-39(31-42)40-28-29-54-48(32-40)45-20-6-9-23-53(45)57-54/h1-34H. The minimum absolute atomic E-state index is 1.15. The fourth-order valence-corrected chi connectivity index (χ4v) is 10.1. The van der Waals surface area contributed by atoms with Gasteiger partial charge in [-0.15, -0.1) is 11.3 Å². The Morgan fingerprint density at radius 3 is 1.32 bits per heavy atom. The monoisotopic (exact) mass is 742 g/mol. The maximum absolute atomic E-state index is 2.46. The van der Waals surface area contributed by atoms with Crippen LogP contribution in [0.5, 0.6) is 0 Å². The highest BCUT2D eigenvalue weighted by molar-refractivity contribution is 7.25. The molecule has 2 nitrogen and oxygen atoms in total. The lowest BCUT2D eigenvalue weighted by molar-refractivity contribution is 1.17. The summed E-state index contributed by atoms with van der Waals surface area (Å²) in [6.07, 6.45) is 0. The van der Waals surface area contributed by atoms with Gasteiger partial charge >= 0.3 is 0 Å². The number of hydrogen-bond acceptors (Lipinski definition) is 1. The molecule has 3 heteroatoms. The Morgan fingerprint density at radius 1 is 0.246 bits per heavy atom. The Hall–Kier alpha value is -7.20. The van der Waals surface area contributed by atoms with Gasteiger partial charge in [0.2, 0.25) is 0 Å². The van der Waals surface area contributed by atoms with Gasteiger partial charge in [0.25, 0.3) is 0 Å². The van der Waals surface area contributed by atoms with Crippen molar-refractivity contribution in [1.29, 1.82) is 0 Å². The van der Waals surface area contributed by atoms with Gasteiger partial charge in [0.15, 0.2) is 0 Å². The predicted molar refractivity (Wildman–Crippen MR) is 244 cm³/mol. The largest absolute Gasteiger partial charge is 0.309 e. The molecule has 57 heavy (non-hydrogen) atoms. The van der Waals surface area contributed by atoms with E-state index >= 15 is 0 Å². The highest BCUT2D eigenvalue weighted by Crippen LogP contribution is 2.41. The molecule has 0 bridgehead atoms. The molecular formula is C54H34N2S. The molecule has 266 valence electrons. The van der Waals surface area contributed by atoms with Crippen molar-refractivity contribution >= 4 is 75.1 Å². The minimum Gasteiger partial charge on any atom is -0.309 e. The topological polar surface area (TPSA) is 9.86 Å². The summed E-state index contributed by atoms with van der Waals surface area (Å²) < 4.78 is 7.56. The number of rotatable bonds is 5. The van der Waals surface area contributed by atoms with Crippen LogP contribution in [0.25, 0.3) is 109 Å². The van der Waals surface area contributed by atoms with E-state index in [9.17, 15) is 0 Å². The number of aromatic nitrogens is 2. The van der Waals surface area contributed by atoms with Gasteiger partial charge in [-0.3, -0.25) is 0 Å². The minimum atomic E-state index is 1.15. The summed E-state index contributed by atoms with van der Waals surface area (Å²) in [7, 11) is 0. The molecule has 0 spiro atoms. The van der Waals surface area contributed by atoms with E-state index in [4.69, 9.17) is 0 Å². The van der Waals surface area contributed by atoms with E-state index in [1.165, 1.54) is 97.2 Å². The number of thiophene rings is 1. The van der Waals surface area contributed by atoms with E-state index in [1.54, 1.807) is 0 Å². The van der Waals surface area contributed by atoms with Gasteiger partial charge in [-0.05, 0) is 100 Å². The molecule has 0 N–H and O–H groups in total. The van der Waals surface area contributed by atoms with Gasteiger partial charge in [-0.2, -0.15) is 0 Å². The Morgan fingerprint density at radius 2 is 0.684 bits per heavy atom. The van der Waals surface area contributed by atoms with Gasteiger partial charge in [0.05, 0.1) is 22.1 Å². The molecule has 3 aromatic heterocycles. The smallest absolute Gasteiger partial charge is 0.0548 e. The molecule has 3 heterocycles. The van der Waals surface area contributed by atoms with Crippen molar-refractivity contribution in [2.75, 3.05) is 0 Å². The van der Waals surface area contributed by atoms with E-state index < -0.39 is 0 Å². The van der Waals surface area contributed by atoms with Gasteiger partial charge in [0.1, 0.15) is 0 Å². The molecule has 0 unspecified atom stereocenters. The fraction of sp³-hybridized carbons (Fsp3) is 0. The Bertz CT molecular complexity index is 3510. The lowest BCUT2D eigenvalue weighted by Gasteiger charge is -2.12. The normalized spacial score (nSPS) is 11.9. The summed E-state index contributed by atoms with van der Waals surface area (Å²) in [6, 6.07) is 75.7. The maximum atomic E-state index is 2.46. The zero-order valence-corrected chi connectivity index (χ0v) is 31.7. The first kappa shape index (κ1) is 32.1. The first-order valence-electron chi connectivity index (χ1n) is 19.5. The Balaban J connectivity index is 1.02. The summed E-state index contributed by atoms with van der Waals surface area (Å²) in [4.78, 5) is 0. The molecule has 0 atom stereocenters. The summed E-state index contributed by atoms with van der Waals surface area (Å²) in [5.41, 5.74) is 14.4. The molecular weight excluding hydrogens is 709 g/mol. The zero-order chi connectivity index (χ0) is 37.5. The number of benzene rings is 9. The third kappa shape index (κ3) is 5.10. The van der Waals surface area contributed by atoms with Crippen molar-refractivity contribution in [2.24, 2.45) is 0 Å². The number of fused-ring (bicyclic) bond motifs is 9. The van der Waals surface area contributed by atoms with Gasteiger partial charge in [-0.25, -0.2) is 0 Å². The number of hydrogen-bond donors (Lipinski definition) is 0. The second-order valence-electron chi connectivity index (χ2n) is 14.9. The van der Waals surface area contributed by atoms with Crippen molar-refractivity contribution in [1.82, 2.24) is 9.13 Å². The van der Waals surface area contributed by atoms with Crippen molar-refractivity contribution < 1.29 is 0 Å². The Labute approximate surface area is 333 Å². The first-order valence-corrected chi connectivity index (χ1v) is 20.3. The van der Waals surface area contributed by atoms with Crippen LogP contribution in [0.1, 0.15) is 0 Å². The lowest BCUT2D eigenvalue weighted by Crippen LogP contribution is -1.95. The summed E-state index contributed by atoms with van der Waals surface area (Å²) in [5.74, 6) is 0. The van der Waals surface area contributed by atoms with Crippen molar-refractivity contribution in [2.45, 2.75) is 0 Å². The van der Waals surface area contributed by atoms with E-state index in [0.717, 1.165) is 11.4 Å². The average Bonchev–Trinajstić information content (AvgIpc) is 3.93. The first-order chi connectivity index (χ1) is 28.2. The molecule has 12 aromatic rings. The van der Waals surface area contributed by atoms with E-state index in [1.807, 2.05) is 11.3 Å². The molecule has 12 rings (SSSR count). The summed E-state index contributed by atoms with van der Waals surface area (Å²) in [5, 5.41) is 7.62. The van der Waals surface area contributed by atoms with Crippen LogP contribution in [-0.4, -0.2) is 9.13 Å². The van der Waals surface area contributed by atoms with Crippen molar-refractivity contribution in [3.63, 3.8) is 0 Å². The van der Waals surface area contributed by atoms with Crippen LogP contribution in [-0.2, 0) is 0 Å². The highest BCUT2D eigenvalue weighted by Gasteiger charge is 2.19. The van der Waals surface area contributed by atoms with E-state index in [2.05, 4.69) is 215 Å². The fourth-order valence-electron chi connectivity index (χ4n) is 9.03. The third-order valence-electron chi connectivity index (χ3n) is 11.7. The second kappa shape index (κ2) is 12.7. The number of nitrogens with zero attached hydrogens (tertiary/aromatic N) is 2. The van der Waals surface area contributed by atoms with Crippen LogP contribution in [0.3, 0.4) is 0 Å². The maximum Gasteiger partial charge on any atom is 0.0548 e. The van der Waals surface area contributed by atoms with Gasteiger partial charge in [0, 0.05) is 53.1 Å². The third-order valence-corrected chi connectivity index (χ3v) is 12.9. The molecule has 0 amide bonds. The van der Waals surface area contributed by atoms with Gasteiger partial charge < -0.3 is 9.13 Å². The van der Waals surface area contributed by atoms with Crippen LogP contribution in [0.15, 0.2) is 206 Å². The van der Waals surface area contributed by atoms with Crippen LogP contribution >= 0.6 is 11.3 Å².